The van der Waals surface area contributed by atoms with E-state index in [2.05, 4.69) is 15.2 Å². The summed E-state index contributed by atoms with van der Waals surface area (Å²) < 4.78 is 27.6. The quantitative estimate of drug-likeness (QED) is 0.538. The lowest BCUT2D eigenvalue weighted by Crippen LogP contribution is -2.12. The van der Waals surface area contributed by atoms with Gasteiger partial charge < -0.3 is 5.73 Å². The maximum Gasteiger partial charge on any atom is 0.286 e. The van der Waals surface area contributed by atoms with E-state index in [1.54, 1.807) is 0 Å². The Morgan fingerprint density at radius 3 is 2.24 bits per heavy atom. The molecule has 7 heteroatoms. The lowest BCUT2D eigenvalue weighted by molar-refractivity contribution is 0.0991. The van der Waals surface area contributed by atoms with E-state index in [-0.39, 0.29) is 5.82 Å². The van der Waals surface area contributed by atoms with Gasteiger partial charge in [-0.3, -0.25) is 9.89 Å². The third-order valence-electron chi connectivity index (χ3n) is 4.61. The number of hydrogen-bond donors (Lipinski definition) is 2. The van der Waals surface area contributed by atoms with Gasteiger partial charge in [0.15, 0.2) is 5.82 Å². The average molecular weight is 390 g/mol. The fourth-order valence-corrected chi connectivity index (χ4v) is 3.23. The molecule has 0 unspecified atom stereocenters. The van der Waals surface area contributed by atoms with Gasteiger partial charge in [0.05, 0.1) is 0 Å². The molecule has 0 radical (unpaired) electrons. The monoisotopic (exact) mass is 390 g/mol. The van der Waals surface area contributed by atoms with Gasteiger partial charge >= 0.3 is 0 Å². The van der Waals surface area contributed by atoms with Crippen molar-refractivity contribution < 1.29 is 13.6 Å². The zero-order valence-electron chi connectivity index (χ0n) is 15.4. The average Bonchev–Trinajstić information content (AvgIpc) is 3.18. The number of carbonyl (C=O) groups is 1. The van der Waals surface area contributed by atoms with E-state index < -0.39 is 17.5 Å². The fourth-order valence-electron chi connectivity index (χ4n) is 3.23. The summed E-state index contributed by atoms with van der Waals surface area (Å²) in [6.07, 6.45) is 0. The normalized spacial score (nSPS) is 10.9. The second-order valence-corrected chi connectivity index (χ2v) is 6.61. The van der Waals surface area contributed by atoms with E-state index in [0.29, 0.717) is 22.5 Å². The Morgan fingerprint density at radius 1 is 0.897 bits per heavy atom. The van der Waals surface area contributed by atoms with Gasteiger partial charge in [-0.2, -0.15) is 5.10 Å². The highest BCUT2D eigenvalue weighted by molar-refractivity contribution is 5.89. The highest BCUT2D eigenvalue weighted by atomic mass is 19.1. The van der Waals surface area contributed by atoms with Crippen LogP contribution in [0.4, 0.5) is 8.78 Å². The number of carbonyl (C=O) groups excluding carboxylic acids is 1. The van der Waals surface area contributed by atoms with Crippen molar-refractivity contribution >= 4 is 5.91 Å². The van der Waals surface area contributed by atoms with Gasteiger partial charge in [-0.1, -0.05) is 36.4 Å². The van der Waals surface area contributed by atoms with Gasteiger partial charge in [-0.15, -0.1) is 0 Å². The number of amides is 1. The van der Waals surface area contributed by atoms with Gasteiger partial charge in [0.1, 0.15) is 11.6 Å². The van der Waals surface area contributed by atoms with Crippen LogP contribution in [0.15, 0.2) is 60.7 Å². The Bertz CT molecular complexity index is 1210. The van der Waals surface area contributed by atoms with Crippen LogP contribution in [-0.4, -0.2) is 21.1 Å². The number of aromatic nitrogens is 3. The molecule has 0 aliphatic carbocycles. The smallest absolute Gasteiger partial charge is 0.286 e. The minimum atomic E-state index is -0.699. The van der Waals surface area contributed by atoms with Crippen LogP contribution in [-0.2, 0) is 0 Å². The molecule has 144 valence electrons. The molecule has 29 heavy (non-hydrogen) atoms. The second kappa shape index (κ2) is 7.27. The summed E-state index contributed by atoms with van der Waals surface area (Å²) >= 11 is 0. The molecule has 0 aliphatic heterocycles. The standard InChI is InChI=1S/C22H16F2N4O/c1-12-6-7-13(21-26-22(20(25)29)28-27-21)10-19(12)18-5-3-2-4-17(18)14-8-15(23)11-16(24)9-14/h2-11H,1H3,(H2,25,29)(H,26,27,28). The Balaban J connectivity index is 1.86. The first-order valence-electron chi connectivity index (χ1n) is 8.81. The van der Waals surface area contributed by atoms with Gasteiger partial charge in [-0.25, -0.2) is 13.8 Å². The molecule has 1 aromatic heterocycles. The number of nitrogens with zero attached hydrogens (tertiary/aromatic N) is 2. The first kappa shape index (κ1) is 18.5. The Kier molecular flexibility index (Phi) is 4.64. The summed E-state index contributed by atoms with van der Waals surface area (Å²) in [6, 6.07) is 16.4. The maximum absolute atomic E-state index is 13.8. The molecular weight excluding hydrogens is 374 g/mol. The summed E-state index contributed by atoms with van der Waals surface area (Å²) in [6.45, 7) is 1.94. The first-order chi connectivity index (χ1) is 13.9. The van der Waals surface area contributed by atoms with Crippen molar-refractivity contribution in [2.45, 2.75) is 6.92 Å². The third kappa shape index (κ3) is 3.62. The van der Waals surface area contributed by atoms with Crippen LogP contribution < -0.4 is 5.73 Å². The van der Waals surface area contributed by atoms with Gasteiger partial charge in [0, 0.05) is 11.6 Å². The van der Waals surface area contributed by atoms with E-state index >= 15 is 0 Å². The maximum atomic E-state index is 13.8. The second-order valence-electron chi connectivity index (χ2n) is 6.61. The summed E-state index contributed by atoms with van der Waals surface area (Å²) in [4.78, 5) is 15.4. The number of rotatable bonds is 4. The fraction of sp³-hybridized carbons (Fsp3) is 0.0455. The van der Waals surface area contributed by atoms with Crippen LogP contribution in [0.2, 0.25) is 0 Å². The predicted octanol–water partition coefficient (Wildman–Crippen LogP) is 4.49. The molecule has 4 rings (SSSR count). The zero-order valence-corrected chi connectivity index (χ0v) is 15.4. The molecule has 0 saturated heterocycles. The number of halogens is 2. The van der Waals surface area contributed by atoms with Crippen molar-refractivity contribution in [3.05, 3.63) is 83.7 Å². The van der Waals surface area contributed by atoms with Crippen molar-refractivity contribution in [1.29, 1.82) is 0 Å². The van der Waals surface area contributed by atoms with Crippen LogP contribution in [0.3, 0.4) is 0 Å². The largest absolute Gasteiger partial charge is 0.363 e. The molecule has 0 atom stereocenters. The van der Waals surface area contributed by atoms with E-state index in [4.69, 9.17) is 5.73 Å². The van der Waals surface area contributed by atoms with E-state index in [1.165, 1.54) is 12.1 Å². The van der Waals surface area contributed by atoms with Crippen molar-refractivity contribution in [1.82, 2.24) is 15.2 Å². The number of nitrogens with two attached hydrogens (primary N) is 1. The molecule has 0 spiro atoms. The van der Waals surface area contributed by atoms with Gasteiger partial charge in [0.25, 0.3) is 5.91 Å². The molecule has 0 aliphatic rings. The van der Waals surface area contributed by atoms with E-state index in [1.807, 2.05) is 49.4 Å². The topological polar surface area (TPSA) is 84.7 Å². The molecule has 0 bridgehead atoms. The lowest BCUT2D eigenvalue weighted by atomic mass is 9.91. The molecule has 5 nitrogen and oxygen atoms in total. The van der Waals surface area contributed by atoms with Crippen molar-refractivity contribution in [3.8, 4) is 33.6 Å². The number of hydrogen-bond acceptors (Lipinski definition) is 3. The third-order valence-corrected chi connectivity index (χ3v) is 4.61. The SMILES string of the molecule is Cc1ccc(-c2n[nH]c(C(N)=O)n2)cc1-c1ccccc1-c1cc(F)cc(F)c1. The van der Waals surface area contributed by atoms with Gasteiger partial charge in [-0.05, 0) is 52.9 Å². The van der Waals surface area contributed by atoms with Crippen LogP contribution >= 0.6 is 0 Å². The van der Waals surface area contributed by atoms with Crippen molar-refractivity contribution in [3.63, 3.8) is 0 Å². The van der Waals surface area contributed by atoms with Crippen molar-refractivity contribution in [2.75, 3.05) is 0 Å². The number of primary amides is 1. The minimum absolute atomic E-state index is 0.0299. The summed E-state index contributed by atoms with van der Waals surface area (Å²) in [7, 11) is 0. The molecule has 3 N–H and O–H groups in total. The molecule has 1 heterocycles. The van der Waals surface area contributed by atoms with Crippen LogP contribution in [0, 0.1) is 18.6 Å². The number of aryl methyl sites for hydroxylation is 1. The Labute approximate surface area is 165 Å². The highest BCUT2D eigenvalue weighted by Crippen LogP contribution is 2.36. The summed E-state index contributed by atoms with van der Waals surface area (Å²) in [5.74, 6) is -1.68. The first-order valence-corrected chi connectivity index (χ1v) is 8.81. The summed E-state index contributed by atoms with van der Waals surface area (Å²) in [5, 5.41) is 6.55. The molecular formula is C22H16F2N4O. The molecule has 1 amide bonds. The molecule has 4 aromatic rings. The number of nitrogens with one attached hydrogen (secondary N) is 1. The van der Waals surface area contributed by atoms with Gasteiger partial charge in [0.2, 0.25) is 5.82 Å². The van der Waals surface area contributed by atoms with Crippen LogP contribution in [0.1, 0.15) is 16.2 Å². The molecule has 0 saturated carbocycles. The highest BCUT2D eigenvalue weighted by Gasteiger charge is 2.15. The zero-order chi connectivity index (χ0) is 20.5. The summed E-state index contributed by atoms with van der Waals surface area (Å²) in [5.41, 5.74) is 9.66. The van der Waals surface area contributed by atoms with Crippen molar-refractivity contribution in [2.24, 2.45) is 5.73 Å². The van der Waals surface area contributed by atoms with Crippen LogP contribution in [0.25, 0.3) is 33.6 Å². The molecule has 0 fully saturated rings. The number of H-pyrrole nitrogens is 1. The van der Waals surface area contributed by atoms with E-state index in [0.717, 1.165) is 22.8 Å². The van der Waals surface area contributed by atoms with E-state index in [9.17, 15) is 13.6 Å². The Hall–Kier alpha value is -3.87. The lowest BCUT2D eigenvalue weighted by Gasteiger charge is -2.14. The predicted molar refractivity (Wildman–Crippen MR) is 106 cm³/mol. The number of aromatic amines is 1. The Morgan fingerprint density at radius 2 is 1.59 bits per heavy atom. The van der Waals surface area contributed by atoms with Crippen LogP contribution in [0.5, 0.6) is 0 Å². The minimum Gasteiger partial charge on any atom is -0.363 e. The molecule has 3 aromatic carbocycles. The number of benzene rings is 3.